The summed E-state index contributed by atoms with van der Waals surface area (Å²) in [7, 11) is 0. The smallest absolute Gasteiger partial charge is 0.136 e. The van der Waals surface area contributed by atoms with Crippen molar-refractivity contribution in [2.45, 2.75) is 6.42 Å². The average Bonchev–Trinajstić information content (AvgIpc) is 3.64. The highest BCUT2D eigenvalue weighted by molar-refractivity contribution is 8.25. The summed E-state index contributed by atoms with van der Waals surface area (Å²) in [5.41, 5.74) is 7.60. The van der Waals surface area contributed by atoms with Gasteiger partial charge in [-0.3, -0.25) is 0 Å². The van der Waals surface area contributed by atoms with E-state index in [0.29, 0.717) is 0 Å². The van der Waals surface area contributed by atoms with Crippen molar-refractivity contribution in [3.8, 4) is 11.1 Å². The topological polar surface area (TPSA) is 13.1 Å². The lowest BCUT2D eigenvalue weighted by molar-refractivity contribution is 0.603. The van der Waals surface area contributed by atoms with Crippen molar-refractivity contribution in [3.05, 3.63) is 218 Å². The Hall–Kier alpha value is -6.31. The van der Waals surface area contributed by atoms with Crippen molar-refractivity contribution >= 4 is 94.3 Å². The van der Waals surface area contributed by atoms with E-state index in [9.17, 15) is 0 Å². The van der Waals surface area contributed by atoms with Crippen molar-refractivity contribution in [2.75, 3.05) is 0 Å². The first-order chi connectivity index (χ1) is 27.6. The Morgan fingerprint density at radius 2 is 1.09 bits per heavy atom. The van der Waals surface area contributed by atoms with Crippen LogP contribution in [0.5, 0.6) is 0 Å². The molecule has 8 aromatic carbocycles. The van der Waals surface area contributed by atoms with Crippen molar-refractivity contribution in [1.82, 2.24) is 0 Å². The van der Waals surface area contributed by atoms with Gasteiger partial charge in [-0.2, -0.15) is 0 Å². The molecule has 0 atom stereocenters. The zero-order valence-corrected chi connectivity index (χ0v) is 32.4. The molecule has 1 nitrogen and oxygen atoms in total. The van der Waals surface area contributed by atoms with Crippen LogP contribution in [0.2, 0.25) is 0 Å². The molecular weight excluding hydrogens is 716 g/mol. The highest BCUT2D eigenvalue weighted by Gasteiger charge is 2.26. The summed E-state index contributed by atoms with van der Waals surface area (Å²) in [6.07, 6.45) is 11.6. The lowest BCUT2D eigenvalue weighted by Gasteiger charge is -2.25. The number of allylic oxidation sites excluding steroid dienone is 6. The highest BCUT2D eigenvalue weighted by Crippen LogP contribution is 2.47. The number of furan rings is 1. The van der Waals surface area contributed by atoms with Gasteiger partial charge in [-0.15, -0.1) is 0 Å². The molecule has 9 aromatic rings. The van der Waals surface area contributed by atoms with Gasteiger partial charge in [0, 0.05) is 17.0 Å². The van der Waals surface area contributed by atoms with Crippen molar-refractivity contribution in [2.24, 2.45) is 0 Å². The number of hydrogen-bond donors (Lipinski definition) is 0. The summed E-state index contributed by atoms with van der Waals surface area (Å²) in [6.45, 7) is 4.55. The van der Waals surface area contributed by atoms with Crippen LogP contribution >= 0.6 is 6.04 Å². The first kappa shape index (κ1) is 34.2. The fourth-order valence-electron chi connectivity index (χ4n) is 8.59. The van der Waals surface area contributed by atoms with Crippen LogP contribution in [0.3, 0.4) is 0 Å². The maximum atomic E-state index is 6.82. The number of fused-ring (bicyclic) bond motifs is 7. The van der Waals surface area contributed by atoms with E-state index >= 15 is 0 Å². The standard InChI is InChI=1S/C53H37OPS/c1-36-18-5-2-6-20-39(35-49-50(36)53-43-27-12-11-19-37(43)32-33-48(53)54-49)52-46-30-15-13-28-44(46)51(45-29-14-16-31-47(45)52)38-21-17-26-42(34-38)55(56,40-22-7-3-8-23-40)41-24-9-4-10-25-41/h2-19,21-35H,1,20H2/b6-2-,18-5-,39-35+. The third-order valence-corrected chi connectivity index (χ3v) is 16.1. The predicted molar refractivity (Wildman–Crippen MR) is 246 cm³/mol. The lowest BCUT2D eigenvalue weighted by atomic mass is 9.84. The third kappa shape index (κ3) is 5.65. The van der Waals surface area contributed by atoms with Gasteiger partial charge >= 0.3 is 0 Å². The fourth-order valence-corrected chi connectivity index (χ4v) is 12.4. The maximum absolute atomic E-state index is 6.82. The van der Waals surface area contributed by atoms with Gasteiger partial charge in [-0.1, -0.05) is 200 Å². The third-order valence-electron chi connectivity index (χ3n) is 11.1. The van der Waals surface area contributed by atoms with Crippen LogP contribution in [-0.2, 0) is 11.8 Å². The molecule has 56 heavy (non-hydrogen) atoms. The molecule has 0 spiro atoms. The van der Waals surface area contributed by atoms with Crippen LogP contribution in [-0.4, -0.2) is 0 Å². The Balaban J connectivity index is 1.23. The largest absolute Gasteiger partial charge is 0.456 e. The Kier molecular flexibility index (Phi) is 8.60. The summed E-state index contributed by atoms with van der Waals surface area (Å²) in [4.78, 5) is 0. The molecule has 10 rings (SSSR count). The van der Waals surface area contributed by atoms with Crippen molar-refractivity contribution in [3.63, 3.8) is 0 Å². The Morgan fingerprint density at radius 1 is 0.518 bits per heavy atom. The first-order valence-corrected chi connectivity index (χ1v) is 21.8. The minimum Gasteiger partial charge on any atom is -0.456 e. The zero-order chi connectivity index (χ0) is 37.6. The van der Waals surface area contributed by atoms with Crippen LogP contribution in [0.4, 0.5) is 0 Å². The maximum Gasteiger partial charge on any atom is 0.136 e. The second-order valence-corrected chi connectivity index (χ2v) is 18.8. The van der Waals surface area contributed by atoms with E-state index in [0.717, 1.165) is 39.9 Å². The van der Waals surface area contributed by atoms with E-state index in [1.807, 2.05) is 0 Å². The van der Waals surface area contributed by atoms with Gasteiger partial charge in [0.25, 0.3) is 0 Å². The van der Waals surface area contributed by atoms with Crippen molar-refractivity contribution < 1.29 is 4.42 Å². The summed E-state index contributed by atoms with van der Waals surface area (Å²) in [5.74, 6) is 0.828. The number of hydrogen-bond acceptors (Lipinski definition) is 2. The molecule has 0 saturated heterocycles. The minimum absolute atomic E-state index is 0.730. The summed E-state index contributed by atoms with van der Waals surface area (Å²) < 4.78 is 6.79. The van der Waals surface area contributed by atoms with Crippen LogP contribution in [0.25, 0.3) is 71.6 Å². The van der Waals surface area contributed by atoms with E-state index < -0.39 is 6.04 Å². The molecule has 0 N–H and O–H groups in total. The highest BCUT2D eigenvalue weighted by atomic mass is 32.4. The molecule has 1 heterocycles. The second-order valence-electron chi connectivity index (χ2n) is 14.4. The van der Waals surface area contributed by atoms with E-state index in [1.54, 1.807) is 0 Å². The van der Waals surface area contributed by atoms with Crippen LogP contribution in [0.15, 0.2) is 205 Å². The number of rotatable bonds is 5. The van der Waals surface area contributed by atoms with Gasteiger partial charge in [0.1, 0.15) is 11.3 Å². The molecule has 0 aliphatic heterocycles. The first-order valence-electron chi connectivity index (χ1n) is 19.0. The van der Waals surface area contributed by atoms with Gasteiger partial charge in [0.2, 0.25) is 0 Å². The van der Waals surface area contributed by atoms with E-state index in [-0.39, 0.29) is 0 Å². The average molecular weight is 753 g/mol. The molecule has 266 valence electrons. The molecule has 0 bridgehead atoms. The summed E-state index contributed by atoms with van der Waals surface area (Å²) in [5, 5.41) is 11.8. The molecule has 3 heteroatoms. The monoisotopic (exact) mass is 752 g/mol. The molecule has 1 aliphatic carbocycles. The molecule has 0 unspecified atom stereocenters. The van der Waals surface area contributed by atoms with Crippen LogP contribution in [0, 0.1) is 0 Å². The predicted octanol–water partition coefficient (Wildman–Crippen LogP) is 13.4. The van der Waals surface area contributed by atoms with E-state index in [4.69, 9.17) is 16.2 Å². The SMILES string of the molecule is C=C1/C=C\C=C/C/C(c2c3ccccc3c(-c3cccc(P(=S)(c4ccccc4)c4ccccc4)c3)c3ccccc23)=C\c2oc3ccc4ccccc4c3c21. The van der Waals surface area contributed by atoms with Crippen LogP contribution in [0.1, 0.15) is 23.3 Å². The van der Waals surface area contributed by atoms with Gasteiger partial charge in [0.15, 0.2) is 0 Å². The molecule has 0 saturated carbocycles. The summed E-state index contributed by atoms with van der Waals surface area (Å²) >= 11 is 6.82. The molecular formula is C53H37OPS. The van der Waals surface area contributed by atoms with Gasteiger partial charge in [0.05, 0.1) is 0 Å². The van der Waals surface area contributed by atoms with Crippen molar-refractivity contribution in [1.29, 1.82) is 0 Å². The van der Waals surface area contributed by atoms with Gasteiger partial charge < -0.3 is 4.42 Å². The summed E-state index contributed by atoms with van der Waals surface area (Å²) in [6, 6.07) is 58.5. The van der Waals surface area contributed by atoms with Gasteiger partial charge in [-0.25, -0.2) is 0 Å². The molecule has 1 aromatic heterocycles. The second kappa shape index (κ2) is 14.1. The minimum atomic E-state index is -2.36. The zero-order valence-electron chi connectivity index (χ0n) is 30.7. The molecule has 0 fully saturated rings. The van der Waals surface area contributed by atoms with Crippen LogP contribution < -0.4 is 15.9 Å². The van der Waals surface area contributed by atoms with Gasteiger partial charge in [-0.05, 0) is 101 Å². The molecule has 0 radical (unpaired) electrons. The lowest BCUT2D eigenvalue weighted by Crippen LogP contribution is -2.24. The Labute approximate surface area is 332 Å². The quantitative estimate of drug-likeness (QED) is 0.128. The Morgan fingerprint density at radius 3 is 1.75 bits per heavy atom. The fraction of sp³-hybridized carbons (Fsp3) is 0.0189. The van der Waals surface area contributed by atoms with E-state index in [1.165, 1.54) is 64.9 Å². The molecule has 0 amide bonds. The number of benzene rings is 8. The van der Waals surface area contributed by atoms with E-state index in [2.05, 4.69) is 207 Å². The Bertz CT molecular complexity index is 3040. The molecule has 1 aliphatic rings. The normalized spacial score (nSPS) is 15.4.